The number of halogens is 1. The minimum atomic E-state index is -1.01. The molecule has 0 spiro atoms. The number of aliphatic carboxylic acids is 1. The maximum atomic E-state index is 10.4. The molecule has 1 aromatic rings. The van der Waals surface area contributed by atoms with Crippen LogP contribution >= 0.6 is 12.4 Å². The zero-order valence-corrected chi connectivity index (χ0v) is 8.33. The second-order valence-corrected chi connectivity index (χ2v) is 2.85. The van der Waals surface area contributed by atoms with Crippen molar-refractivity contribution in [2.45, 2.75) is 12.5 Å². The van der Waals surface area contributed by atoms with Gasteiger partial charge in [-0.2, -0.15) is 0 Å². The molecule has 0 aromatic heterocycles. The number of para-hydroxylation sites is 1. The molecule has 0 amide bonds. The van der Waals surface area contributed by atoms with Gasteiger partial charge in [0.2, 0.25) is 0 Å². The molecule has 0 unspecified atom stereocenters. The summed E-state index contributed by atoms with van der Waals surface area (Å²) < 4.78 is 0. The molecule has 0 heterocycles. The number of hydrogen-bond donors (Lipinski definition) is 3. The number of nitrogen functional groups attached to an aromatic ring is 1. The molecule has 1 rings (SSSR count). The number of benzene rings is 1. The van der Waals surface area contributed by atoms with Gasteiger partial charge in [-0.15, -0.1) is 12.4 Å². The van der Waals surface area contributed by atoms with Crippen molar-refractivity contribution in [3.63, 3.8) is 0 Å². The monoisotopic (exact) mass is 216 g/mol. The van der Waals surface area contributed by atoms with Crippen LogP contribution in [-0.2, 0) is 11.2 Å². The number of anilines is 1. The predicted molar refractivity (Wildman–Crippen MR) is 57.4 cm³/mol. The first-order valence-electron chi connectivity index (χ1n) is 3.93. The Morgan fingerprint density at radius 2 is 2.00 bits per heavy atom. The van der Waals surface area contributed by atoms with Crippen LogP contribution in [-0.4, -0.2) is 17.1 Å². The van der Waals surface area contributed by atoms with Crippen LogP contribution in [0.3, 0.4) is 0 Å². The van der Waals surface area contributed by atoms with E-state index >= 15 is 0 Å². The third kappa shape index (κ3) is 3.24. The first-order valence-corrected chi connectivity index (χ1v) is 3.93. The van der Waals surface area contributed by atoms with E-state index in [0.29, 0.717) is 5.69 Å². The van der Waals surface area contributed by atoms with Crippen LogP contribution in [0.15, 0.2) is 24.3 Å². The van der Waals surface area contributed by atoms with Crippen LogP contribution in [0.4, 0.5) is 5.69 Å². The fourth-order valence-electron chi connectivity index (χ4n) is 1.04. The number of carbonyl (C=O) groups is 1. The molecule has 0 saturated carbocycles. The fourth-order valence-corrected chi connectivity index (χ4v) is 1.04. The smallest absolute Gasteiger partial charge is 0.320 e. The summed E-state index contributed by atoms with van der Waals surface area (Å²) in [7, 11) is 0. The van der Waals surface area contributed by atoms with E-state index in [1.165, 1.54) is 0 Å². The summed E-state index contributed by atoms with van der Waals surface area (Å²) in [5.41, 5.74) is 12.3. The van der Waals surface area contributed by atoms with Gasteiger partial charge in [-0.1, -0.05) is 18.2 Å². The molecule has 5 heteroatoms. The van der Waals surface area contributed by atoms with Crippen molar-refractivity contribution < 1.29 is 9.90 Å². The Hall–Kier alpha value is -1.26. The molecular formula is C9H13ClN2O2. The van der Waals surface area contributed by atoms with Gasteiger partial charge in [0.1, 0.15) is 6.04 Å². The fraction of sp³-hybridized carbons (Fsp3) is 0.222. The number of rotatable bonds is 3. The normalized spacial score (nSPS) is 11.5. The van der Waals surface area contributed by atoms with Crippen LogP contribution in [0.5, 0.6) is 0 Å². The van der Waals surface area contributed by atoms with E-state index in [-0.39, 0.29) is 18.8 Å². The largest absolute Gasteiger partial charge is 0.480 e. The summed E-state index contributed by atoms with van der Waals surface area (Å²) in [6, 6.07) is 6.22. The summed E-state index contributed by atoms with van der Waals surface area (Å²) in [5.74, 6) is -1.01. The average Bonchev–Trinajstić information content (AvgIpc) is 2.08. The van der Waals surface area contributed by atoms with Gasteiger partial charge in [0.25, 0.3) is 0 Å². The molecule has 0 bridgehead atoms. The van der Waals surface area contributed by atoms with Crippen LogP contribution in [0.25, 0.3) is 0 Å². The Balaban J connectivity index is 0.00000169. The molecule has 4 nitrogen and oxygen atoms in total. The molecule has 0 aliphatic heterocycles. The highest BCUT2D eigenvalue weighted by molar-refractivity contribution is 5.85. The summed E-state index contributed by atoms with van der Waals surface area (Å²) in [6.45, 7) is 0. The van der Waals surface area contributed by atoms with Gasteiger partial charge < -0.3 is 16.6 Å². The highest BCUT2D eigenvalue weighted by Gasteiger charge is 2.12. The summed E-state index contributed by atoms with van der Waals surface area (Å²) >= 11 is 0. The predicted octanol–water partition coefficient (Wildman–Crippen LogP) is 0.645. The van der Waals surface area contributed by atoms with Gasteiger partial charge in [0.15, 0.2) is 0 Å². The minimum Gasteiger partial charge on any atom is -0.480 e. The van der Waals surface area contributed by atoms with E-state index in [0.717, 1.165) is 5.56 Å². The Labute approximate surface area is 88.3 Å². The Bertz CT molecular complexity index is 317. The summed E-state index contributed by atoms with van der Waals surface area (Å²) in [6.07, 6.45) is 0.266. The van der Waals surface area contributed by atoms with E-state index in [1.807, 2.05) is 0 Å². The van der Waals surface area contributed by atoms with Crippen molar-refractivity contribution in [2.24, 2.45) is 5.73 Å². The third-order valence-corrected chi connectivity index (χ3v) is 1.81. The van der Waals surface area contributed by atoms with Gasteiger partial charge in [0.05, 0.1) is 0 Å². The topological polar surface area (TPSA) is 89.3 Å². The molecule has 0 aliphatic rings. The van der Waals surface area contributed by atoms with E-state index in [2.05, 4.69) is 0 Å². The summed E-state index contributed by atoms with van der Waals surface area (Å²) in [4.78, 5) is 10.4. The van der Waals surface area contributed by atoms with Crippen LogP contribution in [0.2, 0.25) is 0 Å². The first kappa shape index (κ1) is 12.7. The molecule has 5 N–H and O–H groups in total. The lowest BCUT2D eigenvalue weighted by Gasteiger charge is -2.08. The van der Waals surface area contributed by atoms with E-state index < -0.39 is 12.0 Å². The van der Waals surface area contributed by atoms with Crippen molar-refractivity contribution in [2.75, 3.05) is 5.73 Å². The minimum absolute atomic E-state index is 0. The highest BCUT2D eigenvalue weighted by Crippen LogP contribution is 2.11. The molecule has 14 heavy (non-hydrogen) atoms. The second kappa shape index (κ2) is 5.47. The van der Waals surface area contributed by atoms with Crippen molar-refractivity contribution >= 4 is 24.1 Å². The van der Waals surface area contributed by atoms with Crippen LogP contribution < -0.4 is 11.5 Å². The van der Waals surface area contributed by atoms with Gasteiger partial charge in [-0.3, -0.25) is 4.79 Å². The zero-order chi connectivity index (χ0) is 9.84. The number of hydrogen-bond acceptors (Lipinski definition) is 3. The number of nitrogens with two attached hydrogens (primary N) is 2. The molecule has 78 valence electrons. The maximum Gasteiger partial charge on any atom is 0.320 e. The molecule has 1 aromatic carbocycles. The Morgan fingerprint density at radius 3 is 2.50 bits per heavy atom. The highest BCUT2D eigenvalue weighted by atomic mass is 35.5. The quantitative estimate of drug-likeness (QED) is 0.647. The summed E-state index contributed by atoms with van der Waals surface area (Å²) in [5, 5.41) is 8.57. The van der Waals surface area contributed by atoms with E-state index in [9.17, 15) is 4.79 Å². The Morgan fingerprint density at radius 1 is 1.43 bits per heavy atom. The van der Waals surface area contributed by atoms with Gasteiger partial charge in [0, 0.05) is 12.1 Å². The molecule has 0 saturated heterocycles. The lowest BCUT2D eigenvalue weighted by atomic mass is 10.1. The van der Waals surface area contributed by atoms with Gasteiger partial charge in [-0.05, 0) is 11.6 Å². The van der Waals surface area contributed by atoms with Crippen LogP contribution in [0, 0.1) is 0 Å². The second-order valence-electron chi connectivity index (χ2n) is 2.85. The number of carboxylic acids is 1. The molecular weight excluding hydrogens is 204 g/mol. The van der Waals surface area contributed by atoms with E-state index in [1.54, 1.807) is 24.3 Å². The lowest BCUT2D eigenvalue weighted by Crippen LogP contribution is -2.32. The van der Waals surface area contributed by atoms with Gasteiger partial charge in [-0.25, -0.2) is 0 Å². The first-order chi connectivity index (χ1) is 6.11. The lowest BCUT2D eigenvalue weighted by molar-refractivity contribution is -0.138. The standard InChI is InChI=1S/C9H12N2O2.ClH/c10-7-4-2-1-3-6(7)5-8(11)9(12)13;/h1-4,8H,5,10-11H2,(H,12,13);1H/t8-;/m1./s1. The SMILES string of the molecule is Cl.Nc1ccccc1C[C@@H](N)C(=O)O. The van der Waals surface area contributed by atoms with Crippen molar-refractivity contribution in [3.8, 4) is 0 Å². The van der Waals surface area contributed by atoms with Crippen molar-refractivity contribution in [1.29, 1.82) is 0 Å². The van der Waals surface area contributed by atoms with Crippen molar-refractivity contribution in [3.05, 3.63) is 29.8 Å². The Kier molecular flexibility index (Phi) is 4.97. The molecule has 1 atom stereocenters. The number of carboxylic acid groups (broad SMARTS) is 1. The van der Waals surface area contributed by atoms with E-state index in [4.69, 9.17) is 16.6 Å². The average molecular weight is 217 g/mol. The van der Waals surface area contributed by atoms with Gasteiger partial charge >= 0.3 is 5.97 Å². The zero-order valence-electron chi connectivity index (χ0n) is 7.51. The molecule has 0 radical (unpaired) electrons. The molecule has 0 fully saturated rings. The van der Waals surface area contributed by atoms with Crippen LogP contribution in [0.1, 0.15) is 5.56 Å². The maximum absolute atomic E-state index is 10.4. The third-order valence-electron chi connectivity index (χ3n) is 1.81. The molecule has 0 aliphatic carbocycles. The van der Waals surface area contributed by atoms with Crippen molar-refractivity contribution in [1.82, 2.24) is 0 Å².